The van der Waals surface area contributed by atoms with Crippen LogP contribution in [0.2, 0.25) is 0 Å². The van der Waals surface area contributed by atoms with E-state index in [1.165, 1.54) is 5.56 Å². The van der Waals surface area contributed by atoms with E-state index in [0.29, 0.717) is 18.9 Å². The Morgan fingerprint density at radius 3 is 2.56 bits per heavy atom. The first-order valence-electron chi connectivity index (χ1n) is 6.31. The summed E-state index contributed by atoms with van der Waals surface area (Å²) in [6, 6.07) is 5.96. The van der Waals surface area contributed by atoms with Gasteiger partial charge in [-0.1, -0.05) is 32.0 Å². The standard InChI is InChI=1S/C15H22O3/c1-10(2)9-18-14(15(16)17)8-13-7-5-6-11(3)12(13)4/h5-7,10,14H,8-9H2,1-4H3,(H,16,17)/t14-/m0/s1. The van der Waals surface area contributed by atoms with Crippen molar-refractivity contribution in [3.8, 4) is 0 Å². The van der Waals surface area contributed by atoms with Crippen molar-refractivity contribution in [2.45, 2.75) is 40.2 Å². The summed E-state index contributed by atoms with van der Waals surface area (Å²) in [6.45, 7) is 8.55. The summed E-state index contributed by atoms with van der Waals surface area (Å²) in [5.74, 6) is -0.554. The Labute approximate surface area is 109 Å². The molecular weight excluding hydrogens is 228 g/mol. The van der Waals surface area contributed by atoms with E-state index < -0.39 is 12.1 Å². The van der Waals surface area contributed by atoms with Crippen LogP contribution in [0.3, 0.4) is 0 Å². The lowest BCUT2D eigenvalue weighted by Crippen LogP contribution is -2.28. The number of carboxylic acids is 1. The number of aliphatic carboxylic acids is 1. The summed E-state index contributed by atoms with van der Waals surface area (Å²) < 4.78 is 5.46. The van der Waals surface area contributed by atoms with Crippen LogP contribution in [0.1, 0.15) is 30.5 Å². The van der Waals surface area contributed by atoms with Crippen molar-refractivity contribution in [1.29, 1.82) is 0 Å². The normalized spacial score (nSPS) is 12.7. The van der Waals surface area contributed by atoms with Crippen LogP contribution in [-0.4, -0.2) is 23.8 Å². The zero-order chi connectivity index (χ0) is 13.7. The summed E-state index contributed by atoms with van der Waals surface area (Å²) in [5, 5.41) is 9.18. The van der Waals surface area contributed by atoms with Gasteiger partial charge in [-0.05, 0) is 36.5 Å². The second kappa shape index (κ2) is 6.55. The fourth-order valence-electron chi connectivity index (χ4n) is 1.76. The molecule has 0 bridgehead atoms. The van der Waals surface area contributed by atoms with Gasteiger partial charge in [0.2, 0.25) is 0 Å². The van der Waals surface area contributed by atoms with E-state index in [2.05, 4.69) is 0 Å². The van der Waals surface area contributed by atoms with Crippen molar-refractivity contribution in [1.82, 2.24) is 0 Å². The average Bonchev–Trinajstić information content (AvgIpc) is 2.29. The average molecular weight is 250 g/mol. The number of hydrogen-bond acceptors (Lipinski definition) is 2. The van der Waals surface area contributed by atoms with Gasteiger partial charge in [0.05, 0.1) is 6.61 Å². The minimum atomic E-state index is -0.892. The number of rotatable bonds is 6. The number of aryl methyl sites for hydroxylation is 1. The Kier molecular flexibility index (Phi) is 5.35. The number of ether oxygens (including phenoxy) is 1. The molecular formula is C15H22O3. The minimum absolute atomic E-state index is 0.338. The Hall–Kier alpha value is -1.35. The lowest BCUT2D eigenvalue weighted by Gasteiger charge is -2.17. The third kappa shape index (κ3) is 4.15. The second-order valence-corrected chi connectivity index (χ2v) is 5.12. The summed E-state index contributed by atoms with van der Waals surface area (Å²) in [4.78, 5) is 11.2. The summed E-state index contributed by atoms with van der Waals surface area (Å²) >= 11 is 0. The minimum Gasteiger partial charge on any atom is -0.479 e. The Morgan fingerprint density at radius 2 is 2.00 bits per heavy atom. The van der Waals surface area contributed by atoms with E-state index in [9.17, 15) is 9.90 Å². The molecule has 0 saturated heterocycles. The Balaban J connectivity index is 2.77. The molecule has 0 radical (unpaired) electrons. The molecule has 3 heteroatoms. The maximum absolute atomic E-state index is 11.2. The fourth-order valence-corrected chi connectivity index (χ4v) is 1.76. The molecule has 0 amide bonds. The van der Waals surface area contributed by atoms with Gasteiger partial charge in [0, 0.05) is 6.42 Å². The smallest absolute Gasteiger partial charge is 0.333 e. The molecule has 0 fully saturated rings. The number of carboxylic acid groups (broad SMARTS) is 1. The van der Waals surface area contributed by atoms with Crippen LogP contribution >= 0.6 is 0 Å². The second-order valence-electron chi connectivity index (χ2n) is 5.12. The van der Waals surface area contributed by atoms with Crippen LogP contribution < -0.4 is 0 Å². The predicted molar refractivity (Wildman–Crippen MR) is 71.8 cm³/mol. The first-order valence-corrected chi connectivity index (χ1v) is 6.31. The monoisotopic (exact) mass is 250 g/mol. The van der Waals surface area contributed by atoms with Crippen LogP contribution in [0.25, 0.3) is 0 Å². The van der Waals surface area contributed by atoms with Gasteiger partial charge in [-0.15, -0.1) is 0 Å². The fraction of sp³-hybridized carbons (Fsp3) is 0.533. The first kappa shape index (κ1) is 14.7. The van der Waals surface area contributed by atoms with E-state index in [1.54, 1.807) is 0 Å². The van der Waals surface area contributed by atoms with Crippen molar-refractivity contribution in [3.05, 3.63) is 34.9 Å². The van der Waals surface area contributed by atoms with E-state index in [4.69, 9.17) is 4.74 Å². The first-order chi connectivity index (χ1) is 8.41. The number of carbonyl (C=O) groups is 1. The molecule has 0 saturated carbocycles. The van der Waals surface area contributed by atoms with Crippen molar-refractivity contribution in [2.24, 2.45) is 5.92 Å². The molecule has 1 rings (SSSR count). The van der Waals surface area contributed by atoms with Crippen molar-refractivity contribution in [2.75, 3.05) is 6.61 Å². The lowest BCUT2D eigenvalue weighted by molar-refractivity contribution is -0.150. The largest absolute Gasteiger partial charge is 0.479 e. The van der Waals surface area contributed by atoms with Gasteiger partial charge in [-0.2, -0.15) is 0 Å². The molecule has 1 N–H and O–H groups in total. The van der Waals surface area contributed by atoms with Crippen LogP contribution in [0.15, 0.2) is 18.2 Å². The molecule has 1 aromatic carbocycles. The molecule has 3 nitrogen and oxygen atoms in total. The van der Waals surface area contributed by atoms with E-state index >= 15 is 0 Å². The lowest BCUT2D eigenvalue weighted by atomic mass is 9.98. The maximum Gasteiger partial charge on any atom is 0.333 e. The quantitative estimate of drug-likeness (QED) is 0.844. The summed E-state index contributed by atoms with van der Waals surface area (Å²) in [6.07, 6.45) is -0.330. The van der Waals surface area contributed by atoms with E-state index in [1.807, 2.05) is 45.9 Å². The van der Waals surface area contributed by atoms with Gasteiger partial charge >= 0.3 is 5.97 Å². The molecule has 0 aromatic heterocycles. The van der Waals surface area contributed by atoms with Gasteiger partial charge in [0.15, 0.2) is 6.10 Å². The highest BCUT2D eigenvalue weighted by Gasteiger charge is 2.20. The summed E-state index contributed by atoms with van der Waals surface area (Å²) in [7, 11) is 0. The topological polar surface area (TPSA) is 46.5 Å². The van der Waals surface area contributed by atoms with Gasteiger partial charge in [-0.25, -0.2) is 4.79 Å². The molecule has 0 heterocycles. The molecule has 18 heavy (non-hydrogen) atoms. The van der Waals surface area contributed by atoms with Crippen molar-refractivity contribution in [3.63, 3.8) is 0 Å². The van der Waals surface area contributed by atoms with Crippen LogP contribution in [0.5, 0.6) is 0 Å². The third-order valence-corrected chi connectivity index (χ3v) is 3.03. The molecule has 0 unspecified atom stereocenters. The van der Waals surface area contributed by atoms with Crippen molar-refractivity contribution < 1.29 is 14.6 Å². The number of benzene rings is 1. The van der Waals surface area contributed by atoms with Crippen LogP contribution in [-0.2, 0) is 16.0 Å². The van der Waals surface area contributed by atoms with E-state index in [0.717, 1.165) is 11.1 Å². The number of hydrogen-bond donors (Lipinski definition) is 1. The molecule has 0 spiro atoms. The highest BCUT2D eigenvalue weighted by molar-refractivity contribution is 5.72. The van der Waals surface area contributed by atoms with E-state index in [-0.39, 0.29) is 0 Å². The maximum atomic E-state index is 11.2. The SMILES string of the molecule is Cc1cccc(C[C@H](OCC(C)C)C(=O)O)c1C. The Bertz CT molecular complexity index is 410. The van der Waals surface area contributed by atoms with Gasteiger partial charge in [-0.3, -0.25) is 0 Å². The molecule has 0 aliphatic heterocycles. The molecule has 1 aromatic rings. The highest BCUT2D eigenvalue weighted by Crippen LogP contribution is 2.16. The van der Waals surface area contributed by atoms with Crippen LogP contribution in [0, 0.1) is 19.8 Å². The molecule has 100 valence electrons. The van der Waals surface area contributed by atoms with Crippen molar-refractivity contribution >= 4 is 5.97 Å². The zero-order valence-electron chi connectivity index (χ0n) is 11.6. The highest BCUT2D eigenvalue weighted by atomic mass is 16.5. The van der Waals surface area contributed by atoms with Gasteiger partial charge in [0.25, 0.3) is 0 Å². The molecule has 0 aliphatic carbocycles. The van der Waals surface area contributed by atoms with Gasteiger partial charge < -0.3 is 9.84 Å². The molecule has 0 aliphatic rings. The Morgan fingerprint density at radius 1 is 1.33 bits per heavy atom. The van der Waals surface area contributed by atoms with Crippen LogP contribution in [0.4, 0.5) is 0 Å². The van der Waals surface area contributed by atoms with Gasteiger partial charge in [0.1, 0.15) is 0 Å². The zero-order valence-corrected chi connectivity index (χ0v) is 11.6. The molecule has 1 atom stereocenters. The third-order valence-electron chi connectivity index (χ3n) is 3.03. The predicted octanol–water partition coefficient (Wildman–Crippen LogP) is 2.97. The summed E-state index contributed by atoms with van der Waals surface area (Å²) in [5.41, 5.74) is 3.38.